The lowest BCUT2D eigenvalue weighted by Crippen LogP contribution is -2.12. The van der Waals surface area contributed by atoms with Gasteiger partial charge >= 0.3 is 0 Å². The quantitative estimate of drug-likeness (QED) is 0.222. The van der Waals surface area contributed by atoms with Crippen LogP contribution in [0.15, 0.2) is 141 Å². The first kappa shape index (κ1) is 28.4. The molecule has 2 heteroatoms. The number of para-hydroxylation sites is 5. The van der Waals surface area contributed by atoms with Crippen LogP contribution in [0.4, 0.5) is 17.1 Å². The molecule has 0 saturated heterocycles. The van der Waals surface area contributed by atoms with Gasteiger partial charge in [-0.25, -0.2) is 0 Å². The highest BCUT2D eigenvalue weighted by Crippen LogP contribution is 2.38. The number of hydrogen-bond acceptors (Lipinski definition) is 1. The molecule has 0 unspecified atom stereocenters. The molecule has 0 fully saturated rings. The Morgan fingerprint density at radius 3 is 1.57 bits per heavy atom. The Hall–Kier alpha value is -4.56. The number of anilines is 3. The Labute approximate surface area is 239 Å². The van der Waals surface area contributed by atoms with Crippen molar-refractivity contribution in [2.45, 2.75) is 39.5 Å². The van der Waals surface area contributed by atoms with E-state index in [-0.39, 0.29) is 0 Å². The van der Waals surface area contributed by atoms with Gasteiger partial charge in [0.25, 0.3) is 0 Å². The predicted octanol–water partition coefficient (Wildman–Crippen LogP) is 11.5. The molecule has 5 aromatic carbocycles. The summed E-state index contributed by atoms with van der Waals surface area (Å²) in [5.41, 5.74) is 8.88. The molecule has 40 heavy (non-hydrogen) atoms. The highest BCUT2D eigenvalue weighted by molar-refractivity contribution is 6.08. The zero-order valence-electron chi connectivity index (χ0n) is 24.1. The smallest absolute Gasteiger partial charge is 0.0500 e. The van der Waals surface area contributed by atoms with Gasteiger partial charge in [0.1, 0.15) is 0 Å². The van der Waals surface area contributed by atoms with Crippen LogP contribution in [-0.4, -0.2) is 4.98 Å². The van der Waals surface area contributed by atoms with Gasteiger partial charge in [0.15, 0.2) is 0 Å². The van der Waals surface area contributed by atoms with E-state index in [1.165, 1.54) is 50.0 Å². The molecule has 0 bridgehead atoms. The highest BCUT2D eigenvalue weighted by Gasteiger charge is 2.16. The normalized spacial score (nSPS) is 10.7. The summed E-state index contributed by atoms with van der Waals surface area (Å²) in [6.45, 7) is 15.0. The van der Waals surface area contributed by atoms with Gasteiger partial charge in [-0.15, -0.1) is 13.2 Å². The van der Waals surface area contributed by atoms with E-state index in [1.807, 2.05) is 0 Å². The molecular formula is C38H40N2. The SMILES string of the molecule is C=C.CC(C)c1cccc2c1[nH]c1ccccc12.CC(C)c1ccccc1N(c1ccccc1)c1ccccc1. The molecular weight excluding hydrogens is 484 g/mol. The number of benzene rings is 5. The standard InChI is InChI=1S/C21H21N.C15H15N.C2H4/c1-17(2)20-15-9-10-16-21(20)22(18-11-5-3-6-12-18)19-13-7-4-8-14-19;1-10(2)11-7-5-8-13-12-6-3-4-9-14(12)16-15(11)13;1-2/h3-17H,1-2H3;3-10,16H,1-2H3;1-2H2. The van der Waals surface area contributed by atoms with Crippen LogP contribution >= 0.6 is 0 Å². The summed E-state index contributed by atoms with van der Waals surface area (Å²) in [6.07, 6.45) is 0. The summed E-state index contributed by atoms with van der Waals surface area (Å²) in [7, 11) is 0. The van der Waals surface area contributed by atoms with E-state index < -0.39 is 0 Å². The van der Waals surface area contributed by atoms with Crippen LogP contribution in [-0.2, 0) is 0 Å². The van der Waals surface area contributed by atoms with Gasteiger partial charge in [-0.05, 0) is 59.4 Å². The number of rotatable bonds is 5. The van der Waals surface area contributed by atoms with Crippen molar-refractivity contribution in [1.29, 1.82) is 0 Å². The molecule has 0 aliphatic heterocycles. The van der Waals surface area contributed by atoms with Crippen molar-refractivity contribution in [3.8, 4) is 0 Å². The summed E-state index contributed by atoms with van der Waals surface area (Å²) < 4.78 is 0. The second kappa shape index (κ2) is 13.5. The fourth-order valence-corrected chi connectivity index (χ4v) is 5.14. The van der Waals surface area contributed by atoms with Crippen molar-refractivity contribution in [2.24, 2.45) is 0 Å². The zero-order chi connectivity index (χ0) is 28.5. The molecule has 202 valence electrons. The number of nitrogens with one attached hydrogen (secondary N) is 1. The molecule has 6 rings (SSSR count). The topological polar surface area (TPSA) is 19.0 Å². The van der Waals surface area contributed by atoms with Gasteiger partial charge in [0.2, 0.25) is 0 Å². The minimum atomic E-state index is 0.478. The first-order valence-electron chi connectivity index (χ1n) is 14.0. The molecule has 6 aromatic rings. The van der Waals surface area contributed by atoms with Crippen molar-refractivity contribution in [3.05, 3.63) is 152 Å². The number of fused-ring (bicyclic) bond motifs is 3. The molecule has 1 aromatic heterocycles. The first-order valence-corrected chi connectivity index (χ1v) is 14.0. The molecule has 0 radical (unpaired) electrons. The number of nitrogens with zero attached hydrogens (tertiary/aromatic N) is 1. The number of aromatic amines is 1. The second-order valence-electron chi connectivity index (χ2n) is 10.3. The maximum Gasteiger partial charge on any atom is 0.0500 e. The third-order valence-corrected chi connectivity index (χ3v) is 7.02. The lowest BCUT2D eigenvalue weighted by molar-refractivity contribution is 0.864. The minimum Gasteiger partial charge on any atom is -0.354 e. The Morgan fingerprint density at radius 1 is 0.500 bits per heavy atom. The van der Waals surface area contributed by atoms with Crippen molar-refractivity contribution in [2.75, 3.05) is 4.90 Å². The Bertz CT molecular complexity index is 1590. The van der Waals surface area contributed by atoms with Crippen molar-refractivity contribution in [3.63, 3.8) is 0 Å². The zero-order valence-corrected chi connectivity index (χ0v) is 24.1. The van der Waals surface area contributed by atoms with Crippen LogP contribution in [0.5, 0.6) is 0 Å². The second-order valence-corrected chi connectivity index (χ2v) is 10.3. The summed E-state index contributed by atoms with van der Waals surface area (Å²) >= 11 is 0. The maximum absolute atomic E-state index is 3.53. The largest absolute Gasteiger partial charge is 0.354 e. The summed E-state index contributed by atoms with van der Waals surface area (Å²) in [5.74, 6) is 1.03. The van der Waals surface area contributed by atoms with E-state index in [0.29, 0.717) is 11.8 Å². The molecule has 0 atom stereocenters. The minimum absolute atomic E-state index is 0.478. The van der Waals surface area contributed by atoms with E-state index in [9.17, 15) is 0 Å². The van der Waals surface area contributed by atoms with Crippen LogP contribution in [0, 0.1) is 0 Å². The predicted molar refractivity (Wildman–Crippen MR) is 176 cm³/mol. The van der Waals surface area contributed by atoms with Crippen molar-refractivity contribution >= 4 is 38.9 Å². The van der Waals surface area contributed by atoms with E-state index in [2.05, 4.69) is 178 Å². The van der Waals surface area contributed by atoms with E-state index in [4.69, 9.17) is 0 Å². The third kappa shape index (κ3) is 6.18. The molecule has 0 saturated carbocycles. The van der Waals surface area contributed by atoms with Gasteiger partial charge in [-0.2, -0.15) is 0 Å². The summed E-state index contributed by atoms with van der Waals surface area (Å²) in [5, 5.41) is 2.65. The van der Waals surface area contributed by atoms with Crippen LogP contribution in [0.1, 0.15) is 50.7 Å². The lowest BCUT2D eigenvalue weighted by atomic mass is 9.99. The fourth-order valence-electron chi connectivity index (χ4n) is 5.14. The van der Waals surface area contributed by atoms with Gasteiger partial charge in [-0.3, -0.25) is 0 Å². The van der Waals surface area contributed by atoms with Gasteiger partial charge < -0.3 is 9.88 Å². The van der Waals surface area contributed by atoms with Gasteiger partial charge in [0.05, 0.1) is 0 Å². The maximum atomic E-state index is 3.53. The van der Waals surface area contributed by atoms with Crippen molar-refractivity contribution < 1.29 is 0 Å². The van der Waals surface area contributed by atoms with Crippen LogP contribution in [0.3, 0.4) is 0 Å². The molecule has 0 aliphatic rings. The highest BCUT2D eigenvalue weighted by atomic mass is 15.1. The molecule has 1 heterocycles. The Kier molecular flexibility index (Phi) is 9.59. The van der Waals surface area contributed by atoms with Crippen molar-refractivity contribution in [1.82, 2.24) is 4.98 Å². The van der Waals surface area contributed by atoms with E-state index >= 15 is 0 Å². The lowest BCUT2D eigenvalue weighted by Gasteiger charge is -2.28. The summed E-state index contributed by atoms with van der Waals surface area (Å²) in [4.78, 5) is 5.86. The van der Waals surface area contributed by atoms with E-state index in [1.54, 1.807) is 0 Å². The van der Waals surface area contributed by atoms with E-state index in [0.717, 1.165) is 0 Å². The Morgan fingerprint density at radius 2 is 0.975 bits per heavy atom. The monoisotopic (exact) mass is 524 g/mol. The average molecular weight is 525 g/mol. The number of hydrogen-bond donors (Lipinski definition) is 1. The molecule has 1 N–H and O–H groups in total. The van der Waals surface area contributed by atoms with Gasteiger partial charge in [0, 0.05) is 38.9 Å². The third-order valence-electron chi connectivity index (χ3n) is 7.02. The Balaban J connectivity index is 0.000000181. The van der Waals surface area contributed by atoms with Crippen LogP contribution in [0.2, 0.25) is 0 Å². The van der Waals surface area contributed by atoms with Gasteiger partial charge in [-0.1, -0.05) is 119 Å². The first-order chi connectivity index (χ1) is 19.5. The molecule has 2 nitrogen and oxygen atoms in total. The number of aromatic nitrogens is 1. The van der Waals surface area contributed by atoms with Crippen LogP contribution < -0.4 is 4.90 Å². The van der Waals surface area contributed by atoms with Crippen LogP contribution in [0.25, 0.3) is 21.8 Å². The average Bonchev–Trinajstić information content (AvgIpc) is 3.39. The molecule has 0 aliphatic carbocycles. The summed E-state index contributed by atoms with van der Waals surface area (Å²) in [6, 6.07) is 44.8. The molecule has 0 spiro atoms. The number of H-pyrrole nitrogens is 1. The molecule has 0 amide bonds. The fraction of sp³-hybridized carbons (Fsp3) is 0.158.